The summed E-state index contributed by atoms with van der Waals surface area (Å²) >= 11 is 0. The molecule has 3 aromatic rings. The van der Waals surface area contributed by atoms with Crippen LogP contribution in [0.1, 0.15) is 10.6 Å². The van der Waals surface area contributed by atoms with Gasteiger partial charge < -0.3 is 19.2 Å². The molecule has 162 valence electrons. The molecule has 7 nitrogen and oxygen atoms in total. The second kappa shape index (κ2) is 9.72. The Hall–Kier alpha value is -3.23. The zero-order valence-electron chi connectivity index (χ0n) is 17.0. The van der Waals surface area contributed by atoms with Crippen LogP contribution < -0.4 is 4.74 Å². The number of ether oxygens (including phenoxy) is 1. The molecule has 0 saturated carbocycles. The van der Waals surface area contributed by atoms with Crippen LogP contribution in [0.15, 0.2) is 65.5 Å². The number of rotatable bonds is 7. The molecule has 4 rings (SSSR count). The second-order valence-electron chi connectivity index (χ2n) is 7.45. The highest BCUT2D eigenvalue weighted by atomic mass is 19.1. The quantitative estimate of drug-likeness (QED) is 0.627. The fourth-order valence-electron chi connectivity index (χ4n) is 3.58. The molecular formula is C23H24FN3O4. The lowest BCUT2D eigenvalue weighted by molar-refractivity contribution is 0.0389. The van der Waals surface area contributed by atoms with Crippen LogP contribution in [0.25, 0.3) is 11.1 Å². The molecule has 0 bridgehead atoms. The number of hydrogen-bond acceptors (Lipinski definition) is 6. The van der Waals surface area contributed by atoms with Gasteiger partial charge in [0.15, 0.2) is 5.76 Å². The SMILES string of the molecule is O=C(c1ccco1)N1CCN(CC(O)COc2cc(F)cc(-c3cccnc3)c2)CC1. The largest absolute Gasteiger partial charge is 0.491 e. The Kier molecular flexibility index (Phi) is 6.59. The van der Waals surface area contributed by atoms with Crippen molar-refractivity contribution >= 4 is 5.91 Å². The van der Waals surface area contributed by atoms with Crippen LogP contribution in [0.2, 0.25) is 0 Å². The van der Waals surface area contributed by atoms with Crippen molar-refractivity contribution in [3.63, 3.8) is 0 Å². The van der Waals surface area contributed by atoms with Crippen LogP contribution in [0, 0.1) is 5.82 Å². The molecule has 1 aliphatic heterocycles. The number of β-amino-alcohol motifs (C(OH)–C–C–N with tert-alkyl or cyclic N) is 1. The third-order valence-electron chi connectivity index (χ3n) is 5.17. The summed E-state index contributed by atoms with van der Waals surface area (Å²) in [5.74, 6) is 0.154. The van der Waals surface area contributed by atoms with Gasteiger partial charge in [-0.05, 0) is 35.9 Å². The number of carbonyl (C=O) groups excluding carboxylic acids is 1. The first-order chi connectivity index (χ1) is 15.1. The Morgan fingerprint density at radius 2 is 2.00 bits per heavy atom. The van der Waals surface area contributed by atoms with E-state index in [-0.39, 0.29) is 12.5 Å². The molecule has 31 heavy (non-hydrogen) atoms. The number of hydrogen-bond donors (Lipinski definition) is 1. The van der Waals surface area contributed by atoms with Crippen molar-refractivity contribution in [2.75, 3.05) is 39.3 Å². The van der Waals surface area contributed by atoms with Crippen LogP contribution in [0.3, 0.4) is 0 Å². The fraction of sp³-hybridized carbons (Fsp3) is 0.304. The number of aliphatic hydroxyl groups excluding tert-OH is 1. The standard InChI is InChI=1S/C23H24FN3O4/c24-19-11-18(17-3-1-5-25-14-17)12-21(13-19)31-16-20(28)15-26-6-8-27(9-7-26)23(29)22-4-2-10-30-22/h1-5,10-14,20,28H,6-9,15-16H2. The molecule has 0 spiro atoms. The molecule has 2 aromatic heterocycles. The van der Waals surface area contributed by atoms with Crippen molar-refractivity contribution in [1.82, 2.24) is 14.8 Å². The van der Waals surface area contributed by atoms with Crippen molar-refractivity contribution in [2.45, 2.75) is 6.10 Å². The Morgan fingerprint density at radius 1 is 1.16 bits per heavy atom. The average molecular weight is 425 g/mol. The van der Waals surface area contributed by atoms with Gasteiger partial charge in [0.25, 0.3) is 5.91 Å². The first-order valence-electron chi connectivity index (χ1n) is 10.2. The van der Waals surface area contributed by atoms with Gasteiger partial charge in [0.1, 0.15) is 24.3 Å². The Morgan fingerprint density at radius 3 is 2.71 bits per heavy atom. The summed E-state index contributed by atoms with van der Waals surface area (Å²) in [6.45, 7) is 2.87. The number of nitrogens with zero attached hydrogens (tertiary/aromatic N) is 3. The molecule has 1 aromatic carbocycles. The molecule has 1 atom stereocenters. The molecule has 1 N–H and O–H groups in total. The molecular weight excluding hydrogens is 401 g/mol. The molecule has 0 radical (unpaired) electrons. The molecule has 1 fully saturated rings. The molecule has 0 aliphatic carbocycles. The predicted octanol–water partition coefficient (Wildman–Crippen LogP) is 2.68. The fourth-order valence-corrected chi connectivity index (χ4v) is 3.58. The van der Waals surface area contributed by atoms with E-state index in [1.54, 1.807) is 41.6 Å². The summed E-state index contributed by atoms with van der Waals surface area (Å²) in [6, 6.07) is 11.4. The molecule has 1 unspecified atom stereocenters. The molecule has 1 saturated heterocycles. The maximum atomic E-state index is 14.0. The minimum Gasteiger partial charge on any atom is -0.491 e. The number of aromatic nitrogens is 1. The number of amides is 1. The number of piperazine rings is 1. The van der Waals surface area contributed by atoms with Gasteiger partial charge in [0.05, 0.1) is 6.26 Å². The van der Waals surface area contributed by atoms with Crippen molar-refractivity contribution in [2.24, 2.45) is 0 Å². The van der Waals surface area contributed by atoms with E-state index in [0.717, 1.165) is 5.56 Å². The van der Waals surface area contributed by atoms with Gasteiger partial charge in [-0.25, -0.2) is 4.39 Å². The van der Waals surface area contributed by atoms with Gasteiger partial charge in [-0.1, -0.05) is 6.07 Å². The zero-order valence-corrected chi connectivity index (χ0v) is 17.0. The summed E-state index contributed by atoms with van der Waals surface area (Å²) < 4.78 is 24.8. The van der Waals surface area contributed by atoms with Crippen molar-refractivity contribution in [1.29, 1.82) is 0 Å². The average Bonchev–Trinajstić information content (AvgIpc) is 3.33. The maximum Gasteiger partial charge on any atom is 0.289 e. The summed E-state index contributed by atoms with van der Waals surface area (Å²) in [4.78, 5) is 20.2. The Labute approximate surface area is 179 Å². The third-order valence-corrected chi connectivity index (χ3v) is 5.17. The zero-order chi connectivity index (χ0) is 21.6. The van der Waals surface area contributed by atoms with Crippen LogP contribution in [-0.2, 0) is 0 Å². The monoisotopic (exact) mass is 425 g/mol. The van der Waals surface area contributed by atoms with E-state index in [1.807, 2.05) is 6.07 Å². The van der Waals surface area contributed by atoms with Crippen LogP contribution in [0.5, 0.6) is 5.75 Å². The summed E-state index contributed by atoms with van der Waals surface area (Å²) in [5.41, 5.74) is 1.45. The molecule has 1 aliphatic rings. The summed E-state index contributed by atoms with van der Waals surface area (Å²) in [6.07, 6.45) is 4.06. The maximum absolute atomic E-state index is 14.0. The van der Waals surface area contributed by atoms with E-state index in [0.29, 0.717) is 49.8 Å². The van der Waals surface area contributed by atoms with E-state index in [2.05, 4.69) is 9.88 Å². The first-order valence-corrected chi connectivity index (χ1v) is 10.2. The van der Waals surface area contributed by atoms with Gasteiger partial charge in [-0.15, -0.1) is 0 Å². The predicted molar refractivity (Wildman–Crippen MR) is 112 cm³/mol. The van der Waals surface area contributed by atoms with E-state index in [1.165, 1.54) is 18.4 Å². The number of aliphatic hydroxyl groups is 1. The number of benzene rings is 1. The minimum absolute atomic E-state index is 0.0431. The summed E-state index contributed by atoms with van der Waals surface area (Å²) in [5, 5.41) is 10.4. The highest BCUT2D eigenvalue weighted by molar-refractivity contribution is 5.91. The van der Waals surface area contributed by atoms with Gasteiger partial charge >= 0.3 is 0 Å². The Balaban J connectivity index is 1.26. The van der Waals surface area contributed by atoms with E-state index >= 15 is 0 Å². The van der Waals surface area contributed by atoms with Crippen molar-refractivity contribution in [3.05, 3.63) is 72.7 Å². The summed E-state index contributed by atoms with van der Waals surface area (Å²) in [7, 11) is 0. The highest BCUT2D eigenvalue weighted by Crippen LogP contribution is 2.25. The smallest absolute Gasteiger partial charge is 0.289 e. The third kappa shape index (κ3) is 5.48. The lowest BCUT2D eigenvalue weighted by Gasteiger charge is -2.35. The topological polar surface area (TPSA) is 79.0 Å². The van der Waals surface area contributed by atoms with Crippen molar-refractivity contribution < 1.29 is 23.4 Å². The van der Waals surface area contributed by atoms with Gasteiger partial charge in [0.2, 0.25) is 0 Å². The van der Waals surface area contributed by atoms with E-state index < -0.39 is 11.9 Å². The Bertz CT molecular complexity index is 989. The molecule has 3 heterocycles. The highest BCUT2D eigenvalue weighted by Gasteiger charge is 2.24. The molecule has 1 amide bonds. The lowest BCUT2D eigenvalue weighted by atomic mass is 10.1. The van der Waals surface area contributed by atoms with Crippen LogP contribution >= 0.6 is 0 Å². The minimum atomic E-state index is -0.738. The van der Waals surface area contributed by atoms with Crippen molar-refractivity contribution in [3.8, 4) is 16.9 Å². The van der Waals surface area contributed by atoms with Crippen LogP contribution in [0.4, 0.5) is 4.39 Å². The van der Waals surface area contributed by atoms with Gasteiger partial charge in [0, 0.05) is 56.7 Å². The van der Waals surface area contributed by atoms with Gasteiger partial charge in [-0.3, -0.25) is 14.7 Å². The number of halogens is 1. The first kappa shape index (κ1) is 21.0. The second-order valence-corrected chi connectivity index (χ2v) is 7.45. The van der Waals surface area contributed by atoms with E-state index in [4.69, 9.17) is 9.15 Å². The van der Waals surface area contributed by atoms with Crippen LogP contribution in [-0.4, -0.2) is 71.2 Å². The normalized spacial score (nSPS) is 15.6. The number of pyridine rings is 1. The van der Waals surface area contributed by atoms with Gasteiger partial charge in [-0.2, -0.15) is 0 Å². The lowest BCUT2D eigenvalue weighted by Crippen LogP contribution is -2.50. The number of furan rings is 1. The molecule has 8 heteroatoms. The number of carbonyl (C=O) groups is 1. The van der Waals surface area contributed by atoms with E-state index in [9.17, 15) is 14.3 Å².